The molecule has 2 fully saturated rings. The van der Waals surface area contributed by atoms with Crippen LogP contribution in [0, 0.1) is 5.92 Å². The number of nitrogens with one attached hydrogen (secondary N) is 1. The number of esters is 1. The number of hydrogen-bond acceptors (Lipinski definition) is 4. The highest BCUT2D eigenvalue weighted by Gasteiger charge is 2.30. The molecule has 0 bridgehead atoms. The van der Waals surface area contributed by atoms with Crippen LogP contribution in [0.2, 0.25) is 0 Å². The zero-order valence-corrected chi connectivity index (χ0v) is 11.0. The van der Waals surface area contributed by atoms with Crippen molar-refractivity contribution in [3.8, 4) is 0 Å². The number of ether oxygens (including phenoxy) is 1. The van der Waals surface area contributed by atoms with Crippen molar-refractivity contribution in [2.45, 2.75) is 38.1 Å². The molecule has 0 spiro atoms. The SMILES string of the molecule is COC(=O)C1CCN(CC(=O)NC2CCCC2)C1. The van der Waals surface area contributed by atoms with Gasteiger partial charge in [-0.2, -0.15) is 0 Å². The second-order valence-corrected chi connectivity index (χ2v) is 5.29. The van der Waals surface area contributed by atoms with Gasteiger partial charge in [0.2, 0.25) is 5.91 Å². The van der Waals surface area contributed by atoms with Gasteiger partial charge in [0.1, 0.15) is 0 Å². The first-order chi connectivity index (χ1) is 8.69. The molecule has 1 amide bonds. The molecule has 1 heterocycles. The van der Waals surface area contributed by atoms with Crippen LogP contribution >= 0.6 is 0 Å². The Labute approximate surface area is 108 Å². The second-order valence-electron chi connectivity index (χ2n) is 5.29. The minimum absolute atomic E-state index is 0.0609. The Kier molecular flexibility index (Phi) is 4.58. The Balaban J connectivity index is 1.70. The molecule has 1 saturated heterocycles. The monoisotopic (exact) mass is 254 g/mol. The molecule has 0 aromatic carbocycles. The zero-order valence-electron chi connectivity index (χ0n) is 11.0. The van der Waals surface area contributed by atoms with Gasteiger partial charge >= 0.3 is 5.97 Å². The smallest absolute Gasteiger partial charge is 0.310 e. The Morgan fingerprint density at radius 1 is 1.28 bits per heavy atom. The topological polar surface area (TPSA) is 58.6 Å². The van der Waals surface area contributed by atoms with Gasteiger partial charge in [0.05, 0.1) is 19.6 Å². The Hall–Kier alpha value is -1.10. The lowest BCUT2D eigenvalue weighted by Gasteiger charge is -2.17. The van der Waals surface area contributed by atoms with Crippen LogP contribution in [-0.4, -0.2) is 49.6 Å². The van der Waals surface area contributed by atoms with Crippen molar-refractivity contribution in [3.05, 3.63) is 0 Å². The van der Waals surface area contributed by atoms with Gasteiger partial charge in [-0.25, -0.2) is 0 Å². The molecular weight excluding hydrogens is 232 g/mol. The summed E-state index contributed by atoms with van der Waals surface area (Å²) in [6, 6.07) is 0.372. The molecule has 1 N–H and O–H groups in total. The maximum atomic E-state index is 11.8. The molecule has 0 aromatic heterocycles. The molecule has 0 radical (unpaired) electrons. The third-order valence-corrected chi connectivity index (χ3v) is 3.89. The highest BCUT2D eigenvalue weighted by molar-refractivity contribution is 5.78. The van der Waals surface area contributed by atoms with E-state index in [0.29, 0.717) is 19.1 Å². The molecule has 1 saturated carbocycles. The fourth-order valence-corrected chi connectivity index (χ4v) is 2.88. The van der Waals surface area contributed by atoms with Gasteiger partial charge in [0.15, 0.2) is 0 Å². The first kappa shape index (κ1) is 13.3. The number of rotatable bonds is 4. The van der Waals surface area contributed by atoms with E-state index in [4.69, 9.17) is 4.74 Å². The van der Waals surface area contributed by atoms with Crippen molar-refractivity contribution in [3.63, 3.8) is 0 Å². The highest BCUT2D eigenvalue weighted by atomic mass is 16.5. The highest BCUT2D eigenvalue weighted by Crippen LogP contribution is 2.19. The third-order valence-electron chi connectivity index (χ3n) is 3.89. The van der Waals surface area contributed by atoms with E-state index in [1.54, 1.807) is 0 Å². The van der Waals surface area contributed by atoms with E-state index in [0.717, 1.165) is 25.8 Å². The molecule has 1 aliphatic heterocycles. The van der Waals surface area contributed by atoms with E-state index >= 15 is 0 Å². The summed E-state index contributed by atoms with van der Waals surface area (Å²) in [5.41, 5.74) is 0. The maximum Gasteiger partial charge on any atom is 0.310 e. The number of amides is 1. The predicted octanol–water partition coefficient (Wildman–Crippen LogP) is 0.540. The van der Waals surface area contributed by atoms with Gasteiger partial charge in [-0.3, -0.25) is 14.5 Å². The molecule has 1 unspecified atom stereocenters. The van der Waals surface area contributed by atoms with Crippen molar-refractivity contribution in [2.75, 3.05) is 26.7 Å². The minimum Gasteiger partial charge on any atom is -0.469 e. The van der Waals surface area contributed by atoms with Crippen molar-refractivity contribution >= 4 is 11.9 Å². The number of likely N-dealkylation sites (tertiary alicyclic amines) is 1. The molecular formula is C13H22N2O3. The van der Waals surface area contributed by atoms with Gasteiger partial charge in [0, 0.05) is 12.6 Å². The van der Waals surface area contributed by atoms with Gasteiger partial charge in [-0.05, 0) is 25.8 Å². The van der Waals surface area contributed by atoms with E-state index < -0.39 is 0 Å². The molecule has 2 rings (SSSR count). The zero-order chi connectivity index (χ0) is 13.0. The van der Waals surface area contributed by atoms with Crippen LogP contribution < -0.4 is 5.32 Å². The first-order valence-corrected chi connectivity index (χ1v) is 6.78. The largest absolute Gasteiger partial charge is 0.469 e. The second kappa shape index (κ2) is 6.18. The molecule has 1 aliphatic carbocycles. The van der Waals surface area contributed by atoms with E-state index in [9.17, 15) is 9.59 Å². The van der Waals surface area contributed by atoms with Gasteiger partial charge in [0.25, 0.3) is 0 Å². The van der Waals surface area contributed by atoms with Crippen molar-refractivity contribution in [2.24, 2.45) is 5.92 Å². The number of nitrogens with zero attached hydrogens (tertiary/aromatic N) is 1. The van der Waals surface area contributed by atoms with Gasteiger partial charge in [-0.1, -0.05) is 12.8 Å². The summed E-state index contributed by atoms with van der Waals surface area (Å²) in [5, 5.41) is 3.07. The van der Waals surface area contributed by atoms with Crippen LogP contribution in [0.5, 0.6) is 0 Å². The summed E-state index contributed by atoms with van der Waals surface area (Å²) in [5.74, 6) is -0.129. The van der Waals surface area contributed by atoms with Crippen LogP contribution in [0.4, 0.5) is 0 Å². The average Bonchev–Trinajstić information content (AvgIpc) is 2.99. The van der Waals surface area contributed by atoms with Crippen molar-refractivity contribution in [1.82, 2.24) is 10.2 Å². The van der Waals surface area contributed by atoms with Crippen molar-refractivity contribution in [1.29, 1.82) is 0 Å². The quantitative estimate of drug-likeness (QED) is 0.744. The van der Waals surface area contributed by atoms with E-state index in [1.165, 1.54) is 20.0 Å². The number of hydrogen-bond donors (Lipinski definition) is 1. The summed E-state index contributed by atoms with van der Waals surface area (Å²) in [7, 11) is 1.41. The number of carbonyl (C=O) groups excluding carboxylic acids is 2. The van der Waals surface area contributed by atoms with Crippen molar-refractivity contribution < 1.29 is 14.3 Å². The standard InChI is InChI=1S/C13H22N2O3/c1-18-13(17)10-6-7-15(8-10)9-12(16)14-11-4-2-3-5-11/h10-11H,2-9H2,1H3,(H,14,16). The fourth-order valence-electron chi connectivity index (χ4n) is 2.88. The molecule has 1 atom stereocenters. The fraction of sp³-hybridized carbons (Fsp3) is 0.846. The molecule has 102 valence electrons. The van der Waals surface area contributed by atoms with E-state index in [1.807, 2.05) is 4.90 Å². The molecule has 2 aliphatic rings. The number of methoxy groups -OCH3 is 1. The molecule has 0 aromatic rings. The van der Waals surface area contributed by atoms with Crippen LogP contribution in [0.25, 0.3) is 0 Å². The van der Waals surface area contributed by atoms with Crippen LogP contribution in [0.15, 0.2) is 0 Å². The lowest BCUT2D eigenvalue weighted by Crippen LogP contribution is -2.40. The Morgan fingerprint density at radius 3 is 2.67 bits per heavy atom. The Morgan fingerprint density at radius 2 is 2.00 bits per heavy atom. The summed E-state index contributed by atoms with van der Waals surface area (Å²) in [6.45, 7) is 1.85. The number of carbonyl (C=O) groups is 2. The molecule has 5 heteroatoms. The minimum atomic E-state index is -0.159. The lowest BCUT2D eigenvalue weighted by atomic mass is 10.1. The normalized spacial score (nSPS) is 25.3. The molecule has 18 heavy (non-hydrogen) atoms. The van der Waals surface area contributed by atoms with Crippen LogP contribution in [0.3, 0.4) is 0 Å². The van der Waals surface area contributed by atoms with Crippen LogP contribution in [-0.2, 0) is 14.3 Å². The third kappa shape index (κ3) is 3.45. The Bertz CT molecular complexity index is 313. The van der Waals surface area contributed by atoms with E-state index in [2.05, 4.69) is 5.32 Å². The average molecular weight is 254 g/mol. The maximum absolute atomic E-state index is 11.8. The van der Waals surface area contributed by atoms with Crippen LogP contribution in [0.1, 0.15) is 32.1 Å². The lowest BCUT2D eigenvalue weighted by molar-refractivity contribution is -0.145. The summed E-state index contributed by atoms with van der Waals surface area (Å²) in [4.78, 5) is 25.2. The van der Waals surface area contributed by atoms with Gasteiger partial charge in [-0.15, -0.1) is 0 Å². The summed E-state index contributed by atoms with van der Waals surface area (Å²) >= 11 is 0. The predicted molar refractivity (Wildman–Crippen MR) is 67.0 cm³/mol. The molecule has 5 nitrogen and oxygen atoms in total. The van der Waals surface area contributed by atoms with E-state index in [-0.39, 0.29) is 17.8 Å². The van der Waals surface area contributed by atoms with Gasteiger partial charge < -0.3 is 10.1 Å². The summed E-state index contributed by atoms with van der Waals surface area (Å²) < 4.78 is 4.73. The summed E-state index contributed by atoms with van der Waals surface area (Å²) in [6.07, 6.45) is 5.45. The first-order valence-electron chi connectivity index (χ1n) is 6.78.